The molecule has 1 aromatic heterocycles. The number of morpholine rings is 1. The third-order valence-electron chi connectivity index (χ3n) is 5.57. The van der Waals surface area contributed by atoms with Gasteiger partial charge in [-0.25, -0.2) is 4.98 Å². The van der Waals surface area contributed by atoms with Crippen molar-refractivity contribution in [3.8, 4) is 5.75 Å². The largest absolute Gasteiger partial charge is 0.496 e. The van der Waals surface area contributed by atoms with E-state index in [0.717, 1.165) is 57.0 Å². The van der Waals surface area contributed by atoms with Gasteiger partial charge in [0.15, 0.2) is 0 Å². The number of hydrogen-bond acceptors (Lipinski definition) is 6. The lowest BCUT2D eigenvalue weighted by Gasteiger charge is -2.33. The third-order valence-corrected chi connectivity index (χ3v) is 5.57. The predicted molar refractivity (Wildman–Crippen MR) is 108 cm³/mol. The first-order valence-corrected chi connectivity index (χ1v) is 10.0. The van der Waals surface area contributed by atoms with E-state index in [0.29, 0.717) is 19.2 Å². The zero-order valence-corrected chi connectivity index (χ0v) is 16.4. The fraction of sp³-hybridized carbons (Fsp3) is 0.524. The van der Waals surface area contributed by atoms with Crippen LogP contribution in [0.2, 0.25) is 0 Å². The summed E-state index contributed by atoms with van der Waals surface area (Å²) in [4.78, 5) is 24.5. The maximum Gasteiger partial charge on any atom is 0.252 e. The van der Waals surface area contributed by atoms with Crippen LogP contribution in [0.15, 0.2) is 35.1 Å². The number of aromatic amines is 1. The fourth-order valence-corrected chi connectivity index (χ4v) is 4.11. The molecule has 1 unspecified atom stereocenters. The number of aromatic nitrogens is 2. The van der Waals surface area contributed by atoms with Gasteiger partial charge in [0.05, 0.1) is 26.0 Å². The molecule has 0 bridgehead atoms. The normalized spacial score (nSPS) is 20.9. The second-order valence-electron chi connectivity index (χ2n) is 7.48. The lowest BCUT2D eigenvalue weighted by Crippen LogP contribution is -2.39. The molecular weight excluding hydrogens is 356 g/mol. The number of anilines is 1. The maximum absolute atomic E-state index is 12.3. The van der Waals surface area contributed by atoms with E-state index in [-0.39, 0.29) is 11.5 Å². The highest BCUT2D eigenvalue weighted by Crippen LogP contribution is 2.28. The molecule has 2 aliphatic heterocycles. The topological polar surface area (TPSA) is 70.7 Å². The molecular formula is C21H28N4O3. The highest BCUT2D eigenvalue weighted by Gasteiger charge is 2.25. The van der Waals surface area contributed by atoms with Crippen LogP contribution in [-0.2, 0) is 11.3 Å². The van der Waals surface area contributed by atoms with E-state index >= 15 is 0 Å². The summed E-state index contributed by atoms with van der Waals surface area (Å²) in [7, 11) is 1.71. The molecule has 1 atom stereocenters. The Bertz CT molecular complexity index is 848. The number of methoxy groups -OCH3 is 1. The van der Waals surface area contributed by atoms with Crippen molar-refractivity contribution in [2.75, 3.05) is 51.4 Å². The molecule has 0 radical (unpaired) electrons. The Kier molecular flexibility index (Phi) is 5.92. The van der Waals surface area contributed by atoms with E-state index in [1.54, 1.807) is 13.2 Å². The van der Waals surface area contributed by atoms with Crippen LogP contribution in [0.3, 0.4) is 0 Å². The number of nitrogens with zero attached hydrogens (tertiary/aromatic N) is 3. The molecule has 7 heteroatoms. The van der Waals surface area contributed by atoms with Crippen molar-refractivity contribution in [1.82, 2.24) is 14.9 Å². The molecule has 0 spiro atoms. The van der Waals surface area contributed by atoms with Crippen molar-refractivity contribution in [1.29, 1.82) is 0 Å². The smallest absolute Gasteiger partial charge is 0.252 e. The number of piperidine rings is 1. The second-order valence-corrected chi connectivity index (χ2v) is 7.48. The Labute approximate surface area is 165 Å². The quantitative estimate of drug-likeness (QED) is 0.850. The van der Waals surface area contributed by atoms with Gasteiger partial charge in [0.1, 0.15) is 5.75 Å². The molecule has 4 rings (SSSR count). The first kappa shape index (κ1) is 19.0. The summed E-state index contributed by atoms with van der Waals surface area (Å²) in [5.74, 6) is 1.87. The standard InChI is InChI=1S/C21H28N4O3/c1-27-19-7-3-2-5-17(19)15-24-8-4-6-16(14-24)18-13-20(26)23-21(22-18)25-9-11-28-12-10-25/h2-3,5,7,13,16H,4,6,8-12,14-15H2,1H3,(H,22,23,26). The van der Waals surface area contributed by atoms with Crippen LogP contribution in [0.1, 0.15) is 30.0 Å². The first-order chi connectivity index (χ1) is 13.7. The number of hydrogen-bond donors (Lipinski definition) is 1. The fourth-order valence-electron chi connectivity index (χ4n) is 4.11. The van der Waals surface area contributed by atoms with Crippen LogP contribution >= 0.6 is 0 Å². The molecule has 3 heterocycles. The average Bonchev–Trinajstić information content (AvgIpc) is 2.74. The molecule has 1 aromatic carbocycles. The van der Waals surface area contributed by atoms with Gasteiger partial charge in [-0.05, 0) is 25.5 Å². The maximum atomic E-state index is 12.3. The molecule has 2 aliphatic rings. The highest BCUT2D eigenvalue weighted by atomic mass is 16.5. The van der Waals surface area contributed by atoms with Crippen LogP contribution in [0, 0.1) is 0 Å². The first-order valence-electron chi connectivity index (χ1n) is 10.0. The Morgan fingerprint density at radius 1 is 1.25 bits per heavy atom. The van der Waals surface area contributed by atoms with E-state index in [1.807, 2.05) is 18.2 Å². The summed E-state index contributed by atoms with van der Waals surface area (Å²) in [6, 6.07) is 9.83. The predicted octanol–water partition coefficient (Wildman–Crippen LogP) is 1.99. The molecule has 150 valence electrons. The molecule has 7 nitrogen and oxygen atoms in total. The molecule has 2 fully saturated rings. The van der Waals surface area contributed by atoms with E-state index in [1.165, 1.54) is 5.56 Å². The number of likely N-dealkylation sites (tertiary alicyclic amines) is 1. The van der Waals surface area contributed by atoms with E-state index in [2.05, 4.69) is 20.9 Å². The molecule has 2 aromatic rings. The average molecular weight is 384 g/mol. The van der Waals surface area contributed by atoms with Gasteiger partial charge in [-0.1, -0.05) is 18.2 Å². The summed E-state index contributed by atoms with van der Waals surface area (Å²) >= 11 is 0. The Hall–Kier alpha value is -2.38. The molecule has 28 heavy (non-hydrogen) atoms. The number of ether oxygens (including phenoxy) is 2. The van der Waals surface area contributed by atoms with Gasteiger partial charge < -0.3 is 14.4 Å². The van der Waals surface area contributed by atoms with Crippen molar-refractivity contribution in [2.45, 2.75) is 25.3 Å². The summed E-state index contributed by atoms with van der Waals surface area (Å²) in [6.07, 6.45) is 2.16. The second kappa shape index (κ2) is 8.75. The number of para-hydroxylation sites is 1. The van der Waals surface area contributed by atoms with Gasteiger partial charge in [-0.3, -0.25) is 14.7 Å². The number of benzene rings is 1. The minimum absolute atomic E-state index is 0.0756. The van der Waals surface area contributed by atoms with Crippen molar-refractivity contribution < 1.29 is 9.47 Å². The van der Waals surface area contributed by atoms with Crippen molar-refractivity contribution in [2.24, 2.45) is 0 Å². The summed E-state index contributed by atoms with van der Waals surface area (Å²) in [5, 5.41) is 0. The van der Waals surface area contributed by atoms with Gasteiger partial charge in [-0.15, -0.1) is 0 Å². The van der Waals surface area contributed by atoms with Gasteiger partial charge in [0.25, 0.3) is 5.56 Å². The Balaban J connectivity index is 1.50. The SMILES string of the molecule is COc1ccccc1CN1CCCC(c2cc(=O)[nH]c(N3CCOCC3)n2)C1. The van der Waals surface area contributed by atoms with Gasteiger partial charge >= 0.3 is 0 Å². The Morgan fingerprint density at radius 3 is 2.89 bits per heavy atom. The lowest BCUT2D eigenvalue weighted by molar-refractivity contribution is 0.122. The van der Waals surface area contributed by atoms with Crippen LogP contribution < -0.4 is 15.2 Å². The Morgan fingerprint density at radius 2 is 2.07 bits per heavy atom. The van der Waals surface area contributed by atoms with Crippen LogP contribution in [-0.4, -0.2) is 61.4 Å². The third kappa shape index (κ3) is 4.36. The molecule has 0 amide bonds. The number of nitrogens with one attached hydrogen (secondary N) is 1. The van der Waals surface area contributed by atoms with Crippen molar-refractivity contribution >= 4 is 5.95 Å². The van der Waals surface area contributed by atoms with Crippen LogP contribution in [0.4, 0.5) is 5.95 Å². The molecule has 1 N–H and O–H groups in total. The highest BCUT2D eigenvalue weighted by molar-refractivity contribution is 5.34. The van der Waals surface area contributed by atoms with Crippen LogP contribution in [0.25, 0.3) is 0 Å². The summed E-state index contributed by atoms with van der Waals surface area (Å²) < 4.78 is 10.9. The van der Waals surface area contributed by atoms with Crippen LogP contribution in [0.5, 0.6) is 5.75 Å². The molecule has 2 saturated heterocycles. The lowest BCUT2D eigenvalue weighted by atomic mass is 9.94. The zero-order valence-electron chi connectivity index (χ0n) is 16.4. The van der Waals surface area contributed by atoms with Gasteiger partial charge in [0.2, 0.25) is 5.95 Å². The minimum Gasteiger partial charge on any atom is -0.496 e. The zero-order chi connectivity index (χ0) is 19.3. The van der Waals surface area contributed by atoms with Crippen molar-refractivity contribution in [3.05, 3.63) is 51.9 Å². The van der Waals surface area contributed by atoms with Crippen molar-refractivity contribution in [3.63, 3.8) is 0 Å². The summed E-state index contributed by atoms with van der Waals surface area (Å²) in [5.41, 5.74) is 2.02. The van der Waals surface area contributed by atoms with E-state index in [4.69, 9.17) is 14.5 Å². The van der Waals surface area contributed by atoms with E-state index < -0.39 is 0 Å². The monoisotopic (exact) mass is 384 g/mol. The number of rotatable bonds is 5. The molecule has 0 aliphatic carbocycles. The van der Waals surface area contributed by atoms with E-state index in [9.17, 15) is 4.79 Å². The van der Waals surface area contributed by atoms with Gasteiger partial charge in [0, 0.05) is 43.7 Å². The summed E-state index contributed by atoms with van der Waals surface area (Å²) in [6.45, 7) is 5.66. The van der Waals surface area contributed by atoms with Gasteiger partial charge in [-0.2, -0.15) is 0 Å². The number of H-pyrrole nitrogens is 1. The minimum atomic E-state index is -0.0756. The molecule has 0 saturated carbocycles.